The van der Waals surface area contributed by atoms with Crippen molar-refractivity contribution in [3.05, 3.63) is 29.8 Å². The minimum absolute atomic E-state index is 0.0963. The Kier molecular flexibility index (Phi) is 4.92. The third kappa shape index (κ3) is 4.72. The lowest BCUT2D eigenvalue weighted by Gasteiger charge is -2.16. The van der Waals surface area contributed by atoms with Gasteiger partial charge in [-0.25, -0.2) is 8.42 Å². The summed E-state index contributed by atoms with van der Waals surface area (Å²) in [4.78, 5) is 0. The second-order valence-electron chi connectivity index (χ2n) is 3.91. The topological polar surface area (TPSA) is 81.4 Å². The molecule has 17 heavy (non-hydrogen) atoms. The van der Waals surface area contributed by atoms with Crippen LogP contribution in [0.25, 0.3) is 0 Å². The summed E-state index contributed by atoms with van der Waals surface area (Å²) in [6, 6.07) is 7.20. The van der Waals surface area contributed by atoms with Gasteiger partial charge >= 0.3 is 0 Å². The molecule has 5 nitrogen and oxygen atoms in total. The molecule has 0 heterocycles. The van der Waals surface area contributed by atoms with Crippen LogP contribution in [-0.4, -0.2) is 27.5 Å². The summed E-state index contributed by atoms with van der Waals surface area (Å²) in [6.45, 7) is 0. The SMILES string of the molecule is COc1cccc(C(CCS(C)(=O)=O)NN)c1. The number of sulfone groups is 1. The van der Waals surface area contributed by atoms with Gasteiger partial charge in [0.25, 0.3) is 0 Å². The Morgan fingerprint density at radius 1 is 1.47 bits per heavy atom. The third-order valence-corrected chi connectivity index (χ3v) is 3.45. The van der Waals surface area contributed by atoms with Crippen molar-refractivity contribution in [1.29, 1.82) is 0 Å². The van der Waals surface area contributed by atoms with Gasteiger partial charge in [-0.2, -0.15) is 0 Å². The lowest BCUT2D eigenvalue weighted by atomic mass is 10.1. The molecule has 0 radical (unpaired) electrons. The van der Waals surface area contributed by atoms with Gasteiger partial charge in [0, 0.05) is 12.3 Å². The molecule has 0 aromatic heterocycles. The minimum atomic E-state index is -2.98. The van der Waals surface area contributed by atoms with E-state index in [9.17, 15) is 8.42 Å². The van der Waals surface area contributed by atoms with E-state index in [2.05, 4.69) is 5.43 Å². The summed E-state index contributed by atoms with van der Waals surface area (Å²) in [6.07, 6.45) is 1.65. The van der Waals surface area contributed by atoms with Crippen LogP contribution in [0.1, 0.15) is 18.0 Å². The number of methoxy groups -OCH3 is 1. The number of rotatable bonds is 6. The largest absolute Gasteiger partial charge is 0.497 e. The van der Waals surface area contributed by atoms with Gasteiger partial charge in [-0.15, -0.1) is 0 Å². The van der Waals surface area contributed by atoms with Crippen LogP contribution in [0.4, 0.5) is 0 Å². The van der Waals surface area contributed by atoms with Crippen LogP contribution < -0.4 is 16.0 Å². The number of ether oxygens (including phenoxy) is 1. The van der Waals surface area contributed by atoms with E-state index in [4.69, 9.17) is 10.6 Å². The van der Waals surface area contributed by atoms with Gasteiger partial charge in [0.05, 0.1) is 12.9 Å². The molecule has 0 amide bonds. The molecule has 6 heteroatoms. The summed E-state index contributed by atoms with van der Waals surface area (Å²) in [5.74, 6) is 6.26. The molecule has 0 saturated carbocycles. The Morgan fingerprint density at radius 2 is 2.18 bits per heavy atom. The molecular weight excluding hydrogens is 240 g/mol. The van der Waals surface area contributed by atoms with Gasteiger partial charge in [-0.1, -0.05) is 12.1 Å². The average Bonchev–Trinajstić information content (AvgIpc) is 2.29. The number of hydrogen-bond donors (Lipinski definition) is 2. The highest BCUT2D eigenvalue weighted by molar-refractivity contribution is 7.90. The van der Waals surface area contributed by atoms with E-state index in [0.29, 0.717) is 6.42 Å². The van der Waals surface area contributed by atoms with E-state index in [0.717, 1.165) is 11.3 Å². The summed E-state index contributed by atoms with van der Waals surface area (Å²) in [7, 11) is -1.40. The van der Waals surface area contributed by atoms with Gasteiger partial charge < -0.3 is 4.74 Å². The van der Waals surface area contributed by atoms with Crippen LogP contribution in [0.3, 0.4) is 0 Å². The van der Waals surface area contributed by atoms with E-state index in [1.807, 2.05) is 24.3 Å². The van der Waals surface area contributed by atoms with Crippen molar-refractivity contribution < 1.29 is 13.2 Å². The van der Waals surface area contributed by atoms with Crippen LogP contribution in [0.15, 0.2) is 24.3 Å². The maximum absolute atomic E-state index is 11.1. The van der Waals surface area contributed by atoms with E-state index in [-0.39, 0.29) is 11.8 Å². The Labute approximate surface area is 102 Å². The molecule has 0 fully saturated rings. The molecular formula is C11H18N2O3S. The Morgan fingerprint density at radius 3 is 2.71 bits per heavy atom. The predicted molar refractivity (Wildman–Crippen MR) is 67.4 cm³/mol. The fourth-order valence-corrected chi connectivity index (χ4v) is 2.20. The third-order valence-electron chi connectivity index (χ3n) is 2.47. The van der Waals surface area contributed by atoms with Crippen LogP contribution in [0.2, 0.25) is 0 Å². The van der Waals surface area contributed by atoms with Crippen molar-refractivity contribution in [3.63, 3.8) is 0 Å². The molecule has 1 atom stereocenters. The minimum Gasteiger partial charge on any atom is -0.497 e. The number of nitrogens with two attached hydrogens (primary N) is 1. The summed E-state index contributed by atoms with van der Waals surface area (Å²) >= 11 is 0. The first-order valence-corrected chi connectivity index (χ1v) is 7.30. The normalized spacial score (nSPS) is 13.4. The highest BCUT2D eigenvalue weighted by atomic mass is 32.2. The summed E-state index contributed by atoms with van der Waals surface area (Å²) < 4.78 is 27.3. The number of nitrogens with one attached hydrogen (secondary N) is 1. The van der Waals surface area contributed by atoms with Crippen LogP contribution in [0.5, 0.6) is 5.75 Å². The first-order valence-electron chi connectivity index (χ1n) is 5.24. The monoisotopic (exact) mass is 258 g/mol. The predicted octanol–water partition coefficient (Wildman–Crippen LogP) is 0.634. The van der Waals surface area contributed by atoms with Gasteiger partial charge in [-0.3, -0.25) is 11.3 Å². The summed E-state index contributed by atoms with van der Waals surface area (Å²) in [5.41, 5.74) is 3.53. The molecule has 0 aliphatic rings. The van der Waals surface area contributed by atoms with Gasteiger partial charge in [0.15, 0.2) is 0 Å². The zero-order valence-corrected chi connectivity index (χ0v) is 10.8. The fraction of sp³-hybridized carbons (Fsp3) is 0.455. The van der Waals surface area contributed by atoms with E-state index >= 15 is 0 Å². The zero-order valence-electron chi connectivity index (χ0n) is 10.0. The molecule has 1 rings (SSSR count). The molecule has 0 bridgehead atoms. The van der Waals surface area contributed by atoms with Gasteiger partial charge in [0.1, 0.15) is 15.6 Å². The average molecular weight is 258 g/mol. The van der Waals surface area contributed by atoms with Crippen molar-refractivity contribution in [2.75, 3.05) is 19.1 Å². The Balaban J connectivity index is 2.78. The highest BCUT2D eigenvalue weighted by Gasteiger charge is 2.13. The molecule has 0 aliphatic heterocycles. The van der Waals surface area contributed by atoms with E-state index in [1.54, 1.807) is 7.11 Å². The first kappa shape index (κ1) is 14.0. The maximum Gasteiger partial charge on any atom is 0.147 e. The zero-order chi connectivity index (χ0) is 12.9. The lowest BCUT2D eigenvalue weighted by molar-refractivity contribution is 0.412. The van der Waals surface area contributed by atoms with Gasteiger partial charge in [-0.05, 0) is 24.1 Å². The highest BCUT2D eigenvalue weighted by Crippen LogP contribution is 2.21. The molecule has 3 N–H and O–H groups in total. The molecule has 0 aliphatic carbocycles. The molecule has 96 valence electrons. The molecule has 0 spiro atoms. The fourth-order valence-electron chi connectivity index (χ4n) is 1.54. The standard InChI is InChI=1S/C11H18N2O3S/c1-16-10-5-3-4-9(8-10)11(13-12)6-7-17(2,14)15/h3-5,8,11,13H,6-7,12H2,1-2H3. The van der Waals surface area contributed by atoms with Crippen LogP contribution >= 0.6 is 0 Å². The van der Waals surface area contributed by atoms with Crippen molar-refractivity contribution in [2.45, 2.75) is 12.5 Å². The van der Waals surface area contributed by atoms with Crippen molar-refractivity contribution in [2.24, 2.45) is 5.84 Å². The lowest BCUT2D eigenvalue weighted by Crippen LogP contribution is -2.29. The maximum atomic E-state index is 11.1. The molecule has 1 aromatic rings. The second kappa shape index (κ2) is 6.00. The smallest absolute Gasteiger partial charge is 0.147 e. The quantitative estimate of drug-likeness (QED) is 0.578. The first-order chi connectivity index (χ1) is 7.96. The Hall–Kier alpha value is -1.11. The number of hydrogen-bond acceptors (Lipinski definition) is 5. The molecule has 1 aromatic carbocycles. The molecule has 1 unspecified atom stereocenters. The Bertz CT molecular complexity index is 460. The molecule has 0 saturated heterocycles. The van der Waals surface area contributed by atoms with Crippen molar-refractivity contribution in [3.8, 4) is 5.75 Å². The number of benzene rings is 1. The summed E-state index contributed by atoms with van der Waals surface area (Å²) in [5, 5.41) is 0. The van der Waals surface area contributed by atoms with Crippen LogP contribution in [-0.2, 0) is 9.84 Å². The number of hydrazine groups is 1. The van der Waals surface area contributed by atoms with E-state index < -0.39 is 9.84 Å². The van der Waals surface area contributed by atoms with Crippen LogP contribution in [0, 0.1) is 0 Å². The second-order valence-corrected chi connectivity index (χ2v) is 6.17. The van der Waals surface area contributed by atoms with E-state index in [1.165, 1.54) is 6.26 Å². The van der Waals surface area contributed by atoms with Crippen molar-refractivity contribution >= 4 is 9.84 Å². The van der Waals surface area contributed by atoms with Gasteiger partial charge in [0.2, 0.25) is 0 Å². The van der Waals surface area contributed by atoms with Crippen molar-refractivity contribution in [1.82, 2.24) is 5.43 Å².